The highest BCUT2D eigenvalue weighted by molar-refractivity contribution is 7.90. The van der Waals surface area contributed by atoms with E-state index in [1.165, 1.54) is 6.26 Å². The van der Waals surface area contributed by atoms with Gasteiger partial charge in [0, 0.05) is 37.5 Å². The zero-order chi connectivity index (χ0) is 13.8. The molecule has 1 aliphatic rings. The van der Waals surface area contributed by atoms with Crippen LogP contribution in [0, 0.1) is 0 Å². The van der Waals surface area contributed by atoms with Gasteiger partial charge in [-0.25, -0.2) is 8.42 Å². The van der Waals surface area contributed by atoms with Gasteiger partial charge >= 0.3 is 0 Å². The molecule has 108 valence electrons. The number of nitrogens with zero attached hydrogens (tertiary/aromatic N) is 1. The Hall–Kier alpha value is -0.130. The van der Waals surface area contributed by atoms with E-state index in [0.717, 1.165) is 32.4 Å². The Labute approximate surface area is 112 Å². The summed E-state index contributed by atoms with van der Waals surface area (Å²) in [7, 11) is -2.87. The smallest absolute Gasteiger partial charge is 0.148 e. The normalized spacial score (nSPS) is 30.6. The van der Waals surface area contributed by atoms with E-state index < -0.39 is 9.84 Å². The van der Waals surface area contributed by atoms with Crippen LogP contribution in [0.15, 0.2) is 0 Å². The third-order valence-corrected chi connectivity index (χ3v) is 4.91. The molecule has 0 bridgehead atoms. The number of hydrogen-bond acceptors (Lipinski definition) is 4. The van der Waals surface area contributed by atoms with Crippen molar-refractivity contribution in [3.63, 3.8) is 0 Å². The average Bonchev–Trinajstić information content (AvgIpc) is 2.29. The van der Waals surface area contributed by atoms with Crippen LogP contribution in [-0.2, 0) is 9.84 Å². The molecule has 2 unspecified atom stereocenters. The molecule has 0 aromatic carbocycles. The third kappa shape index (κ3) is 4.86. The highest BCUT2D eigenvalue weighted by Crippen LogP contribution is 2.21. The van der Waals surface area contributed by atoms with Crippen molar-refractivity contribution in [2.75, 3.05) is 31.6 Å². The molecule has 4 nitrogen and oxygen atoms in total. The summed E-state index contributed by atoms with van der Waals surface area (Å²) in [5.41, 5.74) is 0.127. The molecule has 0 aromatic heterocycles. The first kappa shape index (κ1) is 15.9. The number of sulfone groups is 1. The van der Waals surface area contributed by atoms with Crippen LogP contribution in [0.5, 0.6) is 0 Å². The molecule has 0 saturated carbocycles. The predicted molar refractivity (Wildman–Crippen MR) is 76.7 cm³/mol. The number of nitrogens with one attached hydrogen (secondary N) is 1. The molecular weight excluding hydrogens is 248 g/mol. The maximum absolute atomic E-state index is 11.3. The molecule has 0 amide bonds. The SMILES string of the molecule is CCCC1CNC(C)(CC)CN1CCS(C)(=O)=O. The van der Waals surface area contributed by atoms with Crippen molar-refractivity contribution >= 4 is 9.84 Å². The van der Waals surface area contributed by atoms with Gasteiger partial charge in [0.15, 0.2) is 0 Å². The van der Waals surface area contributed by atoms with Crippen LogP contribution in [0.25, 0.3) is 0 Å². The maximum Gasteiger partial charge on any atom is 0.148 e. The first-order valence-corrected chi connectivity index (χ1v) is 9.02. The molecule has 0 aromatic rings. The summed E-state index contributed by atoms with van der Waals surface area (Å²) in [6, 6.07) is 0.483. The summed E-state index contributed by atoms with van der Waals surface area (Å²) in [6.45, 7) is 9.18. The second-order valence-electron chi connectivity index (χ2n) is 5.84. The van der Waals surface area contributed by atoms with Gasteiger partial charge < -0.3 is 5.32 Å². The van der Waals surface area contributed by atoms with Crippen LogP contribution in [0.3, 0.4) is 0 Å². The minimum absolute atomic E-state index is 0.127. The molecule has 0 spiro atoms. The highest BCUT2D eigenvalue weighted by Gasteiger charge is 2.34. The number of hydrogen-bond donors (Lipinski definition) is 1. The quantitative estimate of drug-likeness (QED) is 0.794. The van der Waals surface area contributed by atoms with Gasteiger partial charge in [-0.1, -0.05) is 20.3 Å². The lowest BCUT2D eigenvalue weighted by atomic mass is 9.92. The fraction of sp³-hybridized carbons (Fsp3) is 1.00. The van der Waals surface area contributed by atoms with Crippen LogP contribution in [0.2, 0.25) is 0 Å². The van der Waals surface area contributed by atoms with Crippen molar-refractivity contribution in [2.45, 2.75) is 51.6 Å². The summed E-state index contributed by atoms with van der Waals surface area (Å²) in [5.74, 6) is 0.271. The number of rotatable bonds is 6. The monoisotopic (exact) mass is 276 g/mol. The molecule has 2 atom stereocenters. The van der Waals surface area contributed by atoms with E-state index in [9.17, 15) is 8.42 Å². The molecule has 1 heterocycles. The first-order valence-electron chi connectivity index (χ1n) is 6.96. The summed E-state index contributed by atoms with van der Waals surface area (Å²) < 4.78 is 22.7. The molecule has 5 heteroatoms. The molecule has 1 aliphatic heterocycles. The van der Waals surface area contributed by atoms with Crippen molar-refractivity contribution in [3.8, 4) is 0 Å². The predicted octanol–water partition coefficient (Wildman–Crippen LogP) is 1.27. The maximum atomic E-state index is 11.3. The Kier molecular flexibility index (Phi) is 5.62. The second-order valence-corrected chi connectivity index (χ2v) is 8.10. The van der Waals surface area contributed by atoms with Crippen LogP contribution in [-0.4, -0.2) is 56.5 Å². The van der Waals surface area contributed by atoms with Gasteiger partial charge in [-0.05, 0) is 19.8 Å². The minimum atomic E-state index is -2.87. The van der Waals surface area contributed by atoms with Gasteiger partial charge in [0.1, 0.15) is 9.84 Å². The molecule has 1 saturated heterocycles. The van der Waals surface area contributed by atoms with Crippen LogP contribution in [0.4, 0.5) is 0 Å². The molecule has 0 radical (unpaired) electrons. The van der Waals surface area contributed by atoms with Gasteiger partial charge in [0.2, 0.25) is 0 Å². The third-order valence-electron chi connectivity index (χ3n) is 3.98. The summed E-state index contributed by atoms with van der Waals surface area (Å²) in [5, 5.41) is 3.62. The lowest BCUT2D eigenvalue weighted by molar-refractivity contribution is 0.0850. The Morgan fingerprint density at radius 3 is 2.56 bits per heavy atom. The Balaban J connectivity index is 2.66. The highest BCUT2D eigenvalue weighted by atomic mass is 32.2. The van der Waals surface area contributed by atoms with Gasteiger partial charge in [-0.3, -0.25) is 4.90 Å². The van der Waals surface area contributed by atoms with E-state index in [1.54, 1.807) is 0 Å². The van der Waals surface area contributed by atoms with E-state index in [-0.39, 0.29) is 11.3 Å². The largest absolute Gasteiger partial charge is 0.309 e. The van der Waals surface area contributed by atoms with Crippen molar-refractivity contribution in [3.05, 3.63) is 0 Å². The molecule has 1 N–H and O–H groups in total. The topological polar surface area (TPSA) is 49.4 Å². The van der Waals surface area contributed by atoms with Gasteiger partial charge in [0.25, 0.3) is 0 Å². The summed E-state index contributed by atoms with van der Waals surface area (Å²) >= 11 is 0. The number of piperazine rings is 1. The lowest BCUT2D eigenvalue weighted by Crippen LogP contribution is -2.63. The lowest BCUT2D eigenvalue weighted by Gasteiger charge is -2.46. The van der Waals surface area contributed by atoms with Gasteiger partial charge in [0.05, 0.1) is 5.75 Å². The molecule has 1 fully saturated rings. The van der Waals surface area contributed by atoms with Crippen molar-refractivity contribution in [1.82, 2.24) is 10.2 Å². The fourth-order valence-corrected chi connectivity index (χ4v) is 3.09. The van der Waals surface area contributed by atoms with E-state index in [0.29, 0.717) is 12.6 Å². The minimum Gasteiger partial charge on any atom is -0.309 e. The van der Waals surface area contributed by atoms with Crippen LogP contribution >= 0.6 is 0 Å². The van der Waals surface area contributed by atoms with E-state index in [2.05, 4.69) is 31.0 Å². The summed E-state index contributed by atoms with van der Waals surface area (Å²) in [4.78, 5) is 2.37. The van der Waals surface area contributed by atoms with Crippen LogP contribution < -0.4 is 5.32 Å². The van der Waals surface area contributed by atoms with E-state index in [1.807, 2.05) is 0 Å². The molecule has 18 heavy (non-hydrogen) atoms. The van der Waals surface area contributed by atoms with Gasteiger partial charge in [-0.2, -0.15) is 0 Å². The zero-order valence-electron chi connectivity index (χ0n) is 12.2. The second kappa shape index (κ2) is 6.35. The van der Waals surface area contributed by atoms with Crippen molar-refractivity contribution < 1.29 is 8.42 Å². The van der Waals surface area contributed by atoms with Crippen LogP contribution in [0.1, 0.15) is 40.0 Å². The average molecular weight is 276 g/mol. The summed E-state index contributed by atoms with van der Waals surface area (Å²) in [6.07, 6.45) is 4.67. The molecule has 1 rings (SSSR count). The van der Waals surface area contributed by atoms with Crippen molar-refractivity contribution in [2.24, 2.45) is 0 Å². The Bertz CT molecular complexity index is 356. The molecule has 0 aliphatic carbocycles. The zero-order valence-corrected chi connectivity index (χ0v) is 13.0. The van der Waals surface area contributed by atoms with Crippen molar-refractivity contribution in [1.29, 1.82) is 0 Å². The van der Waals surface area contributed by atoms with E-state index >= 15 is 0 Å². The fourth-order valence-electron chi connectivity index (χ4n) is 2.53. The first-order chi connectivity index (χ1) is 8.29. The van der Waals surface area contributed by atoms with Gasteiger partial charge in [-0.15, -0.1) is 0 Å². The standard InChI is InChI=1S/C13H28N2O2S/c1-5-7-12-10-14-13(3,6-2)11-15(12)8-9-18(4,16)17/h12,14H,5-11H2,1-4H3. The van der Waals surface area contributed by atoms with E-state index in [4.69, 9.17) is 0 Å². The Morgan fingerprint density at radius 2 is 2.06 bits per heavy atom. The Morgan fingerprint density at radius 1 is 1.39 bits per heavy atom. The molecular formula is C13H28N2O2S.